The maximum absolute atomic E-state index is 13.6. The number of fused-ring (bicyclic) bond motifs is 1. The molecular formula is C33H38N8O8. The van der Waals surface area contributed by atoms with Crippen LogP contribution >= 0.6 is 0 Å². The Kier molecular flexibility index (Phi) is 11.5. The number of nitrogens with zero attached hydrogens (tertiary/aromatic N) is 6. The molecule has 0 spiro atoms. The molecule has 0 radical (unpaired) electrons. The highest BCUT2D eigenvalue weighted by molar-refractivity contribution is 5.96. The van der Waals surface area contributed by atoms with E-state index in [9.17, 15) is 24.0 Å². The number of benzene rings is 1. The van der Waals surface area contributed by atoms with Gasteiger partial charge in [0.25, 0.3) is 11.4 Å². The van der Waals surface area contributed by atoms with Gasteiger partial charge in [0.1, 0.15) is 35.2 Å². The number of allylic oxidation sites excluding steroid dienone is 1. The Hall–Kier alpha value is -6.06. The number of carbonyl (C=O) groups is 4. The first kappa shape index (κ1) is 35.8. The van der Waals surface area contributed by atoms with Crippen LogP contribution in [0.1, 0.15) is 39.4 Å². The van der Waals surface area contributed by atoms with Crippen molar-refractivity contribution in [3.8, 4) is 11.6 Å². The number of amides is 3. The van der Waals surface area contributed by atoms with Crippen molar-refractivity contribution in [3.05, 3.63) is 83.3 Å². The molecule has 16 heteroatoms. The number of nitrogens with one attached hydrogen (secondary N) is 2. The average molecular weight is 675 g/mol. The summed E-state index contributed by atoms with van der Waals surface area (Å²) in [6.07, 6.45) is 4.35. The van der Waals surface area contributed by atoms with Gasteiger partial charge >= 0.3 is 12.2 Å². The molecule has 49 heavy (non-hydrogen) atoms. The lowest BCUT2D eigenvalue weighted by atomic mass is 10.1. The molecule has 0 saturated carbocycles. The van der Waals surface area contributed by atoms with Crippen molar-refractivity contribution in [2.75, 3.05) is 26.5 Å². The molecular weight excluding hydrogens is 636 g/mol. The lowest BCUT2D eigenvalue weighted by molar-refractivity contribution is -0.123. The van der Waals surface area contributed by atoms with Gasteiger partial charge in [-0.1, -0.05) is 24.3 Å². The highest BCUT2D eigenvalue weighted by Crippen LogP contribution is 2.27. The smallest absolute Gasteiger partial charge is 0.421 e. The predicted octanol–water partition coefficient (Wildman–Crippen LogP) is 3.70. The number of aromatic nitrogens is 5. The van der Waals surface area contributed by atoms with Crippen molar-refractivity contribution in [2.45, 2.75) is 51.8 Å². The van der Waals surface area contributed by atoms with Gasteiger partial charge in [-0.05, 0) is 64.0 Å². The van der Waals surface area contributed by atoms with Crippen LogP contribution < -0.4 is 20.9 Å². The van der Waals surface area contributed by atoms with E-state index >= 15 is 0 Å². The van der Waals surface area contributed by atoms with Crippen molar-refractivity contribution >= 4 is 40.9 Å². The van der Waals surface area contributed by atoms with Crippen LogP contribution in [-0.2, 0) is 25.6 Å². The minimum absolute atomic E-state index is 0.0810. The lowest BCUT2D eigenvalue weighted by Crippen LogP contribution is -2.44. The Balaban J connectivity index is 1.65. The van der Waals surface area contributed by atoms with Gasteiger partial charge in [-0.25, -0.2) is 24.1 Å². The molecule has 2 N–H and O–H groups in total. The number of imidazole rings is 1. The van der Waals surface area contributed by atoms with E-state index < -0.39 is 35.3 Å². The number of hydrogen-bond donors (Lipinski definition) is 2. The third-order valence-corrected chi connectivity index (χ3v) is 6.72. The van der Waals surface area contributed by atoms with E-state index in [1.165, 1.54) is 40.2 Å². The van der Waals surface area contributed by atoms with E-state index in [-0.39, 0.29) is 53.8 Å². The second-order valence-corrected chi connectivity index (χ2v) is 11.9. The summed E-state index contributed by atoms with van der Waals surface area (Å²) in [5, 5.41) is 5.01. The monoisotopic (exact) mass is 674 g/mol. The molecule has 0 saturated heterocycles. The number of likely N-dealkylation sites (N-methyl/N-ethyl adjacent to an activating group) is 1. The molecule has 0 unspecified atom stereocenters. The SMILES string of the molecule is COC(=O)N[C@@H](CC/C=C/C(=O)N(C)C)C(=O)Nc1cccn(Cc2nc3c(Oc4ccccc4)ncnc3n2C(=O)OC(C)(C)C)c1=O. The van der Waals surface area contributed by atoms with Crippen molar-refractivity contribution < 1.29 is 33.4 Å². The molecule has 0 bridgehead atoms. The van der Waals surface area contributed by atoms with Crippen molar-refractivity contribution in [2.24, 2.45) is 0 Å². The quantitative estimate of drug-likeness (QED) is 0.221. The Labute approximate surface area is 281 Å². The van der Waals surface area contributed by atoms with Crippen LogP contribution in [0.2, 0.25) is 0 Å². The van der Waals surface area contributed by atoms with Crippen LogP contribution in [0, 0.1) is 0 Å². The van der Waals surface area contributed by atoms with E-state index in [0.29, 0.717) is 5.75 Å². The lowest BCUT2D eigenvalue weighted by Gasteiger charge is -2.20. The first-order chi connectivity index (χ1) is 23.3. The summed E-state index contributed by atoms with van der Waals surface area (Å²) in [5.74, 6) is -0.283. The number of anilines is 1. The number of alkyl carbamates (subject to hydrolysis) is 1. The maximum atomic E-state index is 13.6. The third kappa shape index (κ3) is 9.50. The van der Waals surface area contributed by atoms with Crippen LogP contribution in [0.15, 0.2) is 71.9 Å². The summed E-state index contributed by atoms with van der Waals surface area (Å²) in [6.45, 7) is 4.89. The van der Waals surface area contributed by atoms with E-state index in [4.69, 9.17) is 9.47 Å². The Bertz CT molecular complexity index is 1910. The molecule has 0 aliphatic heterocycles. The zero-order valence-electron chi connectivity index (χ0n) is 28.0. The van der Waals surface area contributed by atoms with Gasteiger partial charge in [0.2, 0.25) is 11.8 Å². The number of carbonyl (C=O) groups excluding carboxylic acids is 4. The molecule has 0 fully saturated rings. The zero-order valence-corrected chi connectivity index (χ0v) is 28.0. The fraction of sp³-hybridized carbons (Fsp3) is 0.333. The highest BCUT2D eigenvalue weighted by atomic mass is 16.6. The van der Waals surface area contributed by atoms with Gasteiger partial charge in [-0.2, -0.15) is 4.98 Å². The van der Waals surface area contributed by atoms with Gasteiger partial charge in [0.05, 0.1) is 13.7 Å². The van der Waals surface area contributed by atoms with E-state index in [1.807, 2.05) is 6.07 Å². The number of pyridine rings is 1. The molecule has 0 aliphatic rings. The van der Waals surface area contributed by atoms with Gasteiger partial charge in [-0.3, -0.25) is 14.4 Å². The van der Waals surface area contributed by atoms with E-state index in [2.05, 4.69) is 30.3 Å². The van der Waals surface area contributed by atoms with Crippen LogP contribution in [0.5, 0.6) is 11.6 Å². The van der Waals surface area contributed by atoms with E-state index in [0.717, 1.165) is 11.7 Å². The van der Waals surface area contributed by atoms with E-state index in [1.54, 1.807) is 65.2 Å². The minimum Gasteiger partial charge on any atom is -0.453 e. The van der Waals surface area contributed by atoms with Crippen molar-refractivity contribution in [1.29, 1.82) is 0 Å². The first-order valence-electron chi connectivity index (χ1n) is 15.2. The zero-order chi connectivity index (χ0) is 35.7. The molecule has 258 valence electrons. The molecule has 4 rings (SSSR count). The number of para-hydroxylation sites is 1. The van der Waals surface area contributed by atoms with Gasteiger partial charge in [-0.15, -0.1) is 0 Å². The number of rotatable bonds is 11. The topological polar surface area (TPSA) is 189 Å². The van der Waals surface area contributed by atoms with Gasteiger partial charge in [0, 0.05) is 20.3 Å². The largest absolute Gasteiger partial charge is 0.453 e. The van der Waals surface area contributed by atoms with Crippen LogP contribution in [0.3, 0.4) is 0 Å². The number of methoxy groups -OCH3 is 1. The van der Waals surface area contributed by atoms with Crippen LogP contribution in [0.25, 0.3) is 11.2 Å². The van der Waals surface area contributed by atoms with Gasteiger partial charge in [0.15, 0.2) is 11.2 Å². The van der Waals surface area contributed by atoms with Crippen molar-refractivity contribution in [1.82, 2.24) is 34.3 Å². The summed E-state index contributed by atoms with van der Waals surface area (Å²) in [7, 11) is 4.36. The molecule has 1 atom stereocenters. The first-order valence-corrected chi connectivity index (χ1v) is 15.2. The fourth-order valence-corrected chi connectivity index (χ4v) is 4.39. The van der Waals surface area contributed by atoms with Gasteiger partial charge < -0.3 is 34.3 Å². The normalized spacial score (nSPS) is 12.0. The summed E-state index contributed by atoms with van der Waals surface area (Å²) in [6, 6.07) is 10.7. The molecule has 4 aromatic rings. The Morgan fingerprint density at radius 3 is 2.45 bits per heavy atom. The molecule has 3 amide bonds. The second kappa shape index (κ2) is 15.7. The molecule has 3 heterocycles. The maximum Gasteiger partial charge on any atom is 0.421 e. The van der Waals surface area contributed by atoms with Crippen LogP contribution in [0.4, 0.5) is 15.3 Å². The molecule has 16 nitrogen and oxygen atoms in total. The van der Waals surface area contributed by atoms with Crippen molar-refractivity contribution in [3.63, 3.8) is 0 Å². The summed E-state index contributed by atoms with van der Waals surface area (Å²) in [5.41, 5.74) is -1.34. The summed E-state index contributed by atoms with van der Waals surface area (Å²) in [4.78, 5) is 78.6. The molecule has 1 aromatic carbocycles. The molecule has 0 aliphatic carbocycles. The number of ether oxygens (including phenoxy) is 3. The Morgan fingerprint density at radius 1 is 1.04 bits per heavy atom. The van der Waals surface area contributed by atoms with Crippen LogP contribution in [-0.4, -0.2) is 85.8 Å². The fourth-order valence-electron chi connectivity index (χ4n) is 4.39. The molecule has 3 aromatic heterocycles. The third-order valence-electron chi connectivity index (χ3n) is 6.72. The summed E-state index contributed by atoms with van der Waals surface area (Å²) >= 11 is 0. The Morgan fingerprint density at radius 2 is 1.78 bits per heavy atom. The average Bonchev–Trinajstić information content (AvgIpc) is 3.42. The second-order valence-electron chi connectivity index (χ2n) is 11.9. The minimum atomic E-state index is -1.10. The summed E-state index contributed by atoms with van der Waals surface area (Å²) < 4.78 is 18.6. The predicted molar refractivity (Wildman–Crippen MR) is 178 cm³/mol. The standard InChI is InChI=1S/C33H38N8O8/c1-33(2,3)49-32(46)41-24(38-26-27(41)34-20-35-29(26)48-21-13-8-7-9-14-21)19-40-18-12-16-23(30(40)44)36-28(43)22(37-31(45)47-6)15-10-11-17-25(42)39(4)5/h7-9,11-14,16-18,20,22H,10,15,19H2,1-6H3,(H,36,43)(H,37,45)/b17-11+/t22-/m0/s1. The number of hydrogen-bond acceptors (Lipinski definition) is 11. The highest BCUT2D eigenvalue weighted by Gasteiger charge is 2.27.